The average molecular weight is 321 g/mol. The molecular formula is C15H15NO5S. The molecule has 1 heterocycles. The van der Waals surface area contributed by atoms with E-state index in [0.29, 0.717) is 16.5 Å². The minimum atomic E-state index is -1.08. The molecule has 0 atom stereocenters. The van der Waals surface area contributed by atoms with Gasteiger partial charge < -0.3 is 19.9 Å². The first-order chi connectivity index (χ1) is 10.5. The van der Waals surface area contributed by atoms with E-state index in [1.165, 1.54) is 17.4 Å². The van der Waals surface area contributed by atoms with E-state index in [4.69, 9.17) is 14.6 Å². The number of aryl methyl sites for hydroxylation is 1. The molecule has 0 saturated heterocycles. The van der Waals surface area contributed by atoms with Gasteiger partial charge in [-0.2, -0.15) is 0 Å². The van der Waals surface area contributed by atoms with Gasteiger partial charge in [0.25, 0.3) is 5.91 Å². The number of aromatic carboxylic acids is 1. The zero-order chi connectivity index (χ0) is 16.1. The molecule has 1 aromatic carbocycles. The predicted molar refractivity (Wildman–Crippen MR) is 83.1 cm³/mol. The summed E-state index contributed by atoms with van der Waals surface area (Å²) in [6.07, 6.45) is 0. The van der Waals surface area contributed by atoms with Crippen LogP contribution in [-0.2, 0) is 4.79 Å². The van der Waals surface area contributed by atoms with E-state index in [1.807, 2.05) is 0 Å². The number of carboxylic acid groups (broad SMARTS) is 1. The Kier molecular flexibility index (Phi) is 5.00. The summed E-state index contributed by atoms with van der Waals surface area (Å²) in [6.45, 7) is 1.56. The van der Waals surface area contributed by atoms with Gasteiger partial charge in [-0.15, -0.1) is 11.3 Å². The van der Waals surface area contributed by atoms with Crippen LogP contribution >= 0.6 is 11.3 Å². The molecule has 22 heavy (non-hydrogen) atoms. The van der Waals surface area contributed by atoms with E-state index < -0.39 is 11.9 Å². The van der Waals surface area contributed by atoms with E-state index in [-0.39, 0.29) is 12.2 Å². The molecule has 6 nitrogen and oxygen atoms in total. The molecule has 7 heteroatoms. The van der Waals surface area contributed by atoms with Crippen molar-refractivity contribution in [2.24, 2.45) is 0 Å². The molecule has 2 rings (SSSR count). The number of carbonyl (C=O) groups excluding carboxylic acids is 1. The molecule has 1 aromatic heterocycles. The van der Waals surface area contributed by atoms with Crippen LogP contribution in [0.1, 0.15) is 15.2 Å². The Labute approximate surface area is 131 Å². The summed E-state index contributed by atoms with van der Waals surface area (Å²) in [6, 6.07) is 8.39. The number of amides is 1. The summed E-state index contributed by atoms with van der Waals surface area (Å²) in [7, 11) is 1.54. The zero-order valence-electron chi connectivity index (χ0n) is 12.1. The van der Waals surface area contributed by atoms with Crippen molar-refractivity contribution >= 4 is 28.2 Å². The minimum Gasteiger partial charge on any atom is -0.497 e. The number of hydrogen-bond acceptors (Lipinski definition) is 5. The normalized spacial score (nSPS) is 10.1. The first-order valence-electron chi connectivity index (χ1n) is 6.40. The van der Waals surface area contributed by atoms with Crippen molar-refractivity contribution in [1.29, 1.82) is 0 Å². The second kappa shape index (κ2) is 6.95. The number of methoxy groups -OCH3 is 1. The Hall–Kier alpha value is -2.54. The third-order valence-corrected chi connectivity index (χ3v) is 3.72. The molecule has 0 unspecified atom stereocenters. The van der Waals surface area contributed by atoms with E-state index in [2.05, 4.69) is 5.32 Å². The first kappa shape index (κ1) is 15.8. The van der Waals surface area contributed by atoms with Crippen LogP contribution in [-0.4, -0.2) is 30.7 Å². The predicted octanol–water partition coefficient (Wildman–Crippen LogP) is 2.78. The Morgan fingerprint density at radius 1 is 1.27 bits per heavy atom. The van der Waals surface area contributed by atoms with Crippen molar-refractivity contribution in [1.82, 2.24) is 0 Å². The van der Waals surface area contributed by atoms with Gasteiger partial charge in [-0.25, -0.2) is 4.79 Å². The number of hydrogen-bond donors (Lipinski definition) is 2. The van der Waals surface area contributed by atoms with Gasteiger partial charge in [-0.3, -0.25) is 4.79 Å². The van der Waals surface area contributed by atoms with Crippen LogP contribution in [0.25, 0.3) is 0 Å². The molecule has 0 spiro atoms. The third-order valence-electron chi connectivity index (χ3n) is 2.75. The minimum absolute atomic E-state index is 0.0808. The van der Waals surface area contributed by atoms with E-state index in [9.17, 15) is 9.59 Å². The molecule has 116 valence electrons. The summed E-state index contributed by atoms with van der Waals surface area (Å²) >= 11 is 1.21. The number of carboxylic acids is 1. The highest BCUT2D eigenvalue weighted by molar-refractivity contribution is 7.16. The number of ether oxygens (including phenoxy) is 2. The molecule has 0 aliphatic carbocycles. The van der Waals surface area contributed by atoms with Crippen molar-refractivity contribution in [3.05, 3.63) is 40.8 Å². The second-order valence-corrected chi connectivity index (χ2v) is 5.68. The lowest BCUT2D eigenvalue weighted by atomic mass is 10.3. The van der Waals surface area contributed by atoms with Crippen molar-refractivity contribution < 1.29 is 24.2 Å². The highest BCUT2D eigenvalue weighted by atomic mass is 32.1. The highest BCUT2D eigenvalue weighted by Crippen LogP contribution is 2.27. The standard InChI is InChI=1S/C15H15NO5S/c1-9-6-12(15(18)19)14(22-9)16-13(17)8-21-11-5-3-4-10(7-11)20-2/h3-7H,8H2,1-2H3,(H,16,17)(H,18,19). The van der Waals surface area contributed by atoms with Gasteiger partial charge in [0, 0.05) is 10.9 Å². The van der Waals surface area contributed by atoms with Crippen molar-refractivity contribution in [2.45, 2.75) is 6.92 Å². The van der Waals surface area contributed by atoms with Crippen LogP contribution in [0.2, 0.25) is 0 Å². The monoisotopic (exact) mass is 321 g/mol. The SMILES string of the molecule is COc1cccc(OCC(=O)Nc2sc(C)cc2C(=O)O)c1. The molecule has 0 bridgehead atoms. The fraction of sp³-hybridized carbons (Fsp3) is 0.200. The maximum atomic E-state index is 11.9. The van der Waals surface area contributed by atoms with Crippen LogP contribution in [0.3, 0.4) is 0 Å². The first-order valence-corrected chi connectivity index (χ1v) is 7.21. The number of anilines is 1. The third kappa shape index (κ3) is 3.98. The van der Waals surface area contributed by atoms with Crippen LogP contribution < -0.4 is 14.8 Å². The van der Waals surface area contributed by atoms with Crippen LogP contribution in [0.15, 0.2) is 30.3 Å². The Morgan fingerprint density at radius 2 is 2.00 bits per heavy atom. The van der Waals surface area contributed by atoms with Gasteiger partial charge in [0.15, 0.2) is 6.61 Å². The van der Waals surface area contributed by atoms with Gasteiger partial charge >= 0.3 is 5.97 Å². The lowest BCUT2D eigenvalue weighted by Crippen LogP contribution is -2.20. The number of carbonyl (C=O) groups is 2. The number of rotatable bonds is 6. The molecule has 0 aliphatic heterocycles. The zero-order valence-corrected chi connectivity index (χ0v) is 12.9. The molecule has 0 saturated carbocycles. The summed E-state index contributed by atoms with van der Waals surface area (Å²) in [5.41, 5.74) is 0.0808. The fourth-order valence-corrected chi connectivity index (χ4v) is 2.69. The van der Waals surface area contributed by atoms with Crippen LogP contribution in [0.5, 0.6) is 11.5 Å². The lowest BCUT2D eigenvalue weighted by Gasteiger charge is -2.08. The smallest absolute Gasteiger partial charge is 0.338 e. The quantitative estimate of drug-likeness (QED) is 0.854. The summed E-state index contributed by atoms with van der Waals surface area (Å²) in [4.78, 5) is 23.8. The average Bonchev–Trinajstić information content (AvgIpc) is 2.86. The Morgan fingerprint density at radius 3 is 2.68 bits per heavy atom. The summed E-state index contributed by atoms with van der Waals surface area (Å²) in [5, 5.41) is 11.9. The molecule has 1 amide bonds. The molecule has 0 aliphatic rings. The fourth-order valence-electron chi connectivity index (χ4n) is 1.77. The van der Waals surface area contributed by atoms with Crippen molar-refractivity contribution in [2.75, 3.05) is 19.0 Å². The van der Waals surface area contributed by atoms with Gasteiger partial charge in [-0.1, -0.05) is 6.07 Å². The topological polar surface area (TPSA) is 84.9 Å². The van der Waals surface area contributed by atoms with E-state index >= 15 is 0 Å². The van der Waals surface area contributed by atoms with Gasteiger partial charge in [0.05, 0.1) is 12.7 Å². The highest BCUT2D eigenvalue weighted by Gasteiger charge is 2.16. The molecule has 0 fully saturated rings. The maximum Gasteiger partial charge on any atom is 0.338 e. The van der Waals surface area contributed by atoms with E-state index in [0.717, 1.165) is 4.88 Å². The number of thiophene rings is 1. The summed E-state index contributed by atoms with van der Waals surface area (Å²) in [5.74, 6) is -0.379. The largest absolute Gasteiger partial charge is 0.497 e. The molecule has 0 radical (unpaired) electrons. The van der Waals surface area contributed by atoms with Gasteiger partial charge in [0.1, 0.15) is 16.5 Å². The second-order valence-electron chi connectivity index (χ2n) is 4.42. The van der Waals surface area contributed by atoms with Crippen LogP contribution in [0.4, 0.5) is 5.00 Å². The number of benzene rings is 1. The van der Waals surface area contributed by atoms with Crippen LogP contribution in [0, 0.1) is 6.92 Å². The Balaban J connectivity index is 1.97. The van der Waals surface area contributed by atoms with Gasteiger partial charge in [-0.05, 0) is 25.1 Å². The molecule has 2 aromatic rings. The van der Waals surface area contributed by atoms with Gasteiger partial charge in [0.2, 0.25) is 0 Å². The molecule has 2 N–H and O–H groups in total. The lowest BCUT2D eigenvalue weighted by molar-refractivity contribution is -0.118. The molecular weight excluding hydrogens is 306 g/mol. The Bertz CT molecular complexity index is 695. The van der Waals surface area contributed by atoms with Crippen molar-refractivity contribution in [3.8, 4) is 11.5 Å². The summed E-state index contributed by atoms with van der Waals surface area (Å²) < 4.78 is 10.4. The number of nitrogens with one attached hydrogen (secondary N) is 1. The van der Waals surface area contributed by atoms with E-state index in [1.54, 1.807) is 38.3 Å². The van der Waals surface area contributed by atoms with Crippen molar-refractivity contribution in [3.63, 3.8) is 0 Å². The maximum absolute atomic E-state index is 11.9.